The molecule has 1 fully saturated rings. The monoisotopic (exact) mass is 228 g/mol. The fourth-order valence-corrected chi connectivity index (χ4v) is 3.08. The van der Waals surface area contributed by atoms with Crippen molar-refractivity contribution >= 4 is 11.0 Å². The van der Waals surface area contributed by atoms with Crippen LogP contribution in [-0.4, -0.2) is 6.10 Å². The first-order chi connectivity index (χ1) is 8.34. The largest absolute Gasteiger partial charge is 0.461 e. The van der Waals surface area contributed by atoms with Crippen LogP contribution in [0.15, 0.2) is 33.5 Å². The van der Waals surface area contributed by atoms with Gasteiger partial charge in [-0.15, -0.1) is 0 Å². The zero-order valence-electron chi connectivity index (χ0n) is 9.31. The van der Waals surface area contributed by atoms with Gasteiger partial charge in [0, 0.05) is 5.92 Å². The van der Waals surface area contributed by atoms with Crippen molar-refractivity contribution in [2.45, 2.75) is 31.3 Å². The van der Waals surface area contributed by atoms with Gasteiger partial charge >= 0.3 is 0 Å². The molecule has 3 heteroatoms. The summed E-state index contributed by atoms with van der Waals surface area (Å²) in [6, 6.07) is 7.37. The van der Waals surface area contributed by atoms with Crippen LogP contribution in [0.25, 0.3) is 11.0 Å². The first-order valence-corrected chi connectivity index (χ1v) is 6.07. The molecule has 1 saturated carbocycles. The molecule has 0 amide bonds. The summed E-state index contributed by atoms with van der Waals surface area (Å²) in [5.41, 5.74) is 1.48. The number of hydrogen-bond acceptors (Lipinski definition) is 3. The molecule has 2 heterocycles. The van der Waals surface area contributed by atoms with Crippen LogP contribution in [0.1, 0.15) is 30.7 Å². The van der Waals surface area contributed by atoms with E-state index in [0.29, 0.717) is 16.9 Å². The van der Waals surface area contributed by atoms with Crippen LogP contribution < -0.4 is 10.2 Å². The molecule has 1 aromatic heterocycles. The van der Waals surface area contributed by atoms with Crippen molar-refractivity contribution < 1.29 is 9.15 Å². The topological polar surface area (TPSA) is 39.4 Å². The van der Waals surface area contributed by atoms with E-state index in [-0.39, 0.29) is 17.5 Å². The predicted molar refractivity (Wildman–Crippen MR) is 63.5 cm³/mol. The van der Waals surface area contributed by atoms with Gasteiger partial charge in [-0.2, -0.15) is 0 Å². The Bertz CT molecular complexity index is 656. The van der Waals surface area contributed by atoms with Crippen molar-refractivity contribution in [3.05, 3.63) is 40.1 Å². The maximum Gasteiger partial charge on any atom is 0.292 e. The van der Waals surface area contributed by atoms with Gasteiger partial charge in [0.05, 0.1) is 10.9 Å². The van der Waals surface area contributed by atoms with E-state index in [2.05, 4.69) is 0 Å². The highest BCUT2D eigenvalue weighted by Crippen LogP contribution is 2.46. The molecule has 2 atom stereocenters. The Morgan fingerprint density at radius 3 is 3.00 bits per heavy atom. The molecule has 0 saturated heterocycles. The highest BCUT2D eigenvalue weighted by Gasteiger charge is 2.42. The van der Waals surface area contributed by atoms with Crippen LogP contribution in [0, 0.1) is 0 Å². The molecular weight excluding hydrogens is 216 g/mol. The van der Waals surface area contributed by atoms with Gasteiger partial charge < -0.3 is 9.15 Å². The van der Waals surface area contributed by atoms with Gasteiger partial charge in [-0.1, -0.05) is 12.1 Å². The predicted octanol–water partition coefficient (Wildman–Crippen LogP) is 2.82. The van der Waals surface area contributed by atoms with Crippen molar-refractivity contribution in [1.29, 1.82) is 0 Å². The van der Waals surface area contributed by atoms with E-state index in [0.717, 1.165) is 24.8 Å². The average molecular weight is 228 g/mol. The van der Waals surface area contributed by atoms with Gasteiger partial charge in [0.15, 0.2) is 5.43 Å². The Hall–Kier alpha value is -1.77. The Kier molecular flexibility index (Phi) is 1.71. The molecule has 2 aromatic rings. The Morgan fingerprint density at radius 2 is 2.06 bits per heavy atom. The molecule has 0 N–H and O–H groups in total. The van der Waals surface area contributed by atoms with Gasteiger partial charge in [0.25, 0.3) is 5.95 Å². The van der Waals surface area contributed by atoms with E-state index in [4.69, 9.17) is 9.15 Å². The SMILES string of the molecule is O=c1c2c(oc3ccccc13)O[C@@H]1CCC[C@H]21. The second-order valence-corrected chi connectivity index (χ2v) is 4.82. The minimum absolute atomic E-state index is 0.0938. The molecular formula is C14H12O3. The summed E-state index contributed by atoms with van der Waals surface area (Å²) in [5, 5.41) is 0.669. The van der Waals surface area contributed by atoms with E-state index in [1.165, 1.54) is 0 Å². The van der Waals surface area contributed by atoms with Crippen LogP contribution in [0.5, 0.6) is 5.95 Å². The summed E-state index contributed by atoms with van der Waals surface area (Å²) in [4.78, 5) is 12.4. The van der Waals surface area contributed by atoms with Crippen molar-refractivity contribution in [3.8, 4) is 5.95 Å². The number of hydrogen-bond donors (Lipinski definition) is 0. The molecule has 1 aromatic carbocycles. The highest BCUT2D eigenvalue weighted by atomic mass is 16.6. The lowest BCUT2D eigenvalue weighted by atomic mass is 9.98. The number of benzene rings is 1. The van der Waals surface area contributed by atoms with Gasteiger partial charge in [0.1, 0.15) is 11.7 Å². The zero-order chi connectivity index (χ0) is 11.4. The summed E-state index contributed by atoms with van der Waals surface area (Å²) in [7, 11) is 0. The third-order valence-corrected chi connectivity index (χ3v) is 3.88. The highest BCUT2D eigenvalue weighted by molar-refractivity contribution is 5.78. The normalized spacial score (nSPS) is 25.6. The van der Waals surface area contributed by atoms with E-state index < -0.39 is 0 Å². The number of rotatable bonds is 0. The number of ether oxygens (including phenoxy) is 1. The van der Waals surface area contributed by atoms with Gasteiger partial charge in [-0.05, 0) is 31.4 Å². The fraction of sp³-hybridized carbons (Fsp3) is 0.357. The van der Waals surface area contributed by atoms with Crippen molar-refractivity contribution in [2.24, 2.45) is 0 Å². The van der Waals surface area contributed by atoms with Gasteiger partial charge in [0.2, 0.25) is 0 Å². The molecule has 1 aliphatic carbocycles. The molecule has 86 valence electrons. The summed E-state index contributed by atoms with van der Waals surface area (Å²) in [6.45, 7) is 0. The first-order valence-electron chi connectivity index (χ1n) is 6.07. The number of para-hydroxylation sites is 1. The van der Waals surface area contributed by atoms with Crippen LogP contribution >= 0.6 is 0 Å². The summed E-state index contributed by atoms with van der Waals surface area (Å²) in [5.74, 6) is 0.717. The Labute approximate surface area is 98.0 Å². The standard InChI is InChI=1S/C14H12O3/c15-13-9-4-1-2-6-11(9)17-14-12(13)8-5-3-7-10(8)16-14/h1-2,4,6,8,10H,3,5,7H2/t8-,10+/m0/s1. The second-order valence-electron chi connectivity index (χ2n) is 4.82. The third kappa shape index (κ3) is 1.14. The van der Waals surface area contributed by atoms with Gasteiger partial charge in [-0.3, -0.25) is 4.79 Å². The average Bonchev–Trinajstić information content (AvgIpc) is 2.89. The Balaban J connectivity index is 2.06. The van der Waals surface area contributed by atoms with Gasteiger partial charge in [-0.25, -0.2) is 0 Å². The van der Waals surface area contributed by atoms with E-state index in [1.807, 2.05) is 24.3 Å². The maximum atomic E-state index is 12.4. The first kappa shape index (κ1) is 9.28. The summed E-state index contributed by atoms with van der Waals surface area (Å²) >= 11 is 0. The minimum Gasteiger partial charge on any atom is -0.461 e. The Morgan fingerprint density at radius 1 is 1.18 bits per heavy atom. The molecule has 2 aliphatic rings. The lowest BCUT2D eigenvalue weighted by Crippen LogP contribution is -2.14. The van der Waals surface area contributed by atoms with E-state index >= 15 is 0 Å². The lowest BCUT2D eigenvalue weighted by Gasteiger charge is -2.05. The lowest BCUT2D eigenvalue weighted by molar-refractivity contribution is 0.184. The second kappa shape index (κ2) is 3.13. The summed E-state index contributed by atoms with van der Waals surface area (Å²) < 4.78 is 11.5. The quantitative estimate of drug-likeness (QED) is 0.696. The van der Waals surface area contributed by atoms with Crippen LogP contribution in [0.4, 0.5) is 0 Å². The maximum absolute atomic E-state index is 12.4. The molecule has 0 radical (unpaired) electrons. The van der Waals surface area contributed by atoms with Crippen LogP contribution in [0.3, 0.4) is 0 Å². The van der Waals surface area contributed by atoms with Crippen molar-refractivity contribution in [1.82, 2.24) is 0 Å². The molecule has 0 bridgehead atoms. The van der Waals surface area contributed by atoms with Crippen LogP contribution in [-0.2, 0) is 0 Å². The zero-order valence-corrected chi connectivity index (χ0v) is 9.31. The molecule has 4 rings (SSSR count). The smallest absolute Gasteiger partial charge is 0.292 e. The number of fused-ring (bicyclic) bond motifs is 4. The summed E-state index contributed by atoms with van der Waals surface area (Å²) in [6.07, 6.45) is 3.38. The molecule has 3 nitrogen and oxygen atoms in total. The molecule has 0 unspecified atom stereocenters. The van der Waals surface area contributed by atoms with E-state index in [1.54, 1.807) is 0 Å². The van der Waals surface area contributed by atoms with E-state index in [9.17, 15) is 4.79 Å². The van der Waals surface area contributed by atoms with Crippen molar-refractivity contribution in [3.63, 3.8) is 0 Å². The van der Waals surface area contributed by atoms with Crippen LogP contribution in [0.2, 0.25) is 0 Å². The fourth-order valence-electron chi connectivity index (χ4n) is 3.08. The molecule has 17 heavy (non-hydrogen) atoms. The molecule has 0 spiro atoms. The molecule has 1 aliphatic heterocycles. The third-order valence-electron chi connectivity index (χ3n) is 3.88. The minimum atomic E-state index is 0.0938. The van der Waals surface area contributed by atoms with Crippen molar-refractivity contribution in [2.75, 3.05) is 0 Å².